The van der Waals surface area contributed by atoms with Gasteiger partial charge in [-0.1, -0.05) is 12.1 Å². The average molecular weight is 365 g/mol. The van der Waals surface area contributed by atoms with Crippen molar-refractivity contribution in [3.05, 3.63) is 47.3 Å². The molecule has 7 nitrogen and oxygen atoms in total. The fraction of sp³-hybridized carbons (Fsp3) is 0.400. The number of carbonyl (C=O) groups excluding carboxylic acids is 1. The highest BCUT2D eigenvalue weighted by atomic mass is 16.5. The number of nitriles is 1. The Bertz CT molecular complexity index is 854. The summed E-state index contributed by atoms with van der Waals surface area (Å²) >= 11 is 0. The Hall–Kier alpha value is -3.14. The first-order chi connectivity index (χ1) is 13.1. The average Bonchev–Trinajstić information content (AvgIpc) is 2.71. The highest BCUT2D eigenvalue weighted by molar-refractivity contribution is 5.76. The van der Waals surface area contributed by atoms with Crippen molar-refractivity contribution in [2.45, 2.75) is 19.8 Å². The Morgan fingerprint density at radius 2 is 2.00 bits per heavy atom. The van der Waals surface area contributed by atoms with Crippen LogP contribution in [-0.2, 0) is 11.2 Å². The van der Waals surface area contributed by atoms with Crippen molar-refractivity contribution >= 4 is 11.9 Å². The van der Waals surface area contributed by atoms with Crippen molar-refractivity contribution in [3.63, 3.8) is 0 Å². The van der Waals surface area contributed by atoms with E-state index in [1.807, 2.05) is 41.0 Å². The van der Waals surface area contributed by atoms with Gasteiger partial charge in [-0.05, 0) is 37.1 Å². The smallest absolute Gasteiger partial charge is 0.226 e. The van der Waals surface area contributed by atoms with Crippen LogP contribution in [0.3, 0.4) is 0 Å². The van der Waals surface area contributed by atoms with E-state index < -0.39 is 0 Å². The topological polar surface area (TPSA) is 82.4 Å². The molecule has 1 aromatic heterocycles. The van der Waals surface area contributed by atoms with Crippen molar-refractivity contribution in [2.75, 3.05) is 38.2 Å². The largest absolute Gasteiger partial charge is 0.497 e. The van der Waals surface area contributed by atoms with Gasteiger partial charge in [-0.3, -0.25) is 4.79 Å². The first-order valence-corrected chi connectivity index (χ1v) is 9.00. The minimum atomic E-state index is 0.153. The number of piperazine rings is 1. The van der Waals surface area contributed by atoms with Gasteiger partial charge in [0.2, 0.25) is 11.9 Å². The second-order valence-corrected chi connectivity index (χ2v) is 6.53. The predicted molar refractivity (Wildman–Crippen MR) is 102 cm³/mol. The van der Waals surface area contributed by atoms with E-state index in [4.69, 9.17) is 10.00 Å². The number of aryl methyl sites for hydroxylation is 2. The van der Waals surface area contributed by atoms with Crippen molar-refractivity contribution in [2.24, 2.45) is 0 Å². The second kappa shape index (κ2) is 8.49. The Morgan fingerprint density at radius 3 is 2.70 bits per heavy atom. The molecule has 0 bridgehead atoms. The number of benzene rings is 1. The van der Waals surface area contributed by atoms with Gasteiger partial charge in [-0.25, -0.2) is 9.97 Å². The summed E-state index contributed by atoms with van der Waals surface area (Å²) in [6.45, 7) is 4.45. The Morgan fingerprint density at radius 1 is 1.22 bits per heavy atom. The maximum absolute atomic E-state index is 12.5. The van der Waals surface area contributed by atoms with E-state index in [2.05, 4.69) is 16.0 Å². The number of methoxy groups -OCH3 is 1. The molecule has 1 fully saturated rings. The van der Waals surface area contributed by atoms with Crippen molar-refractivity contribution in [1.29, 1.82) is 5.26 Å². The molecule has 1 aliphatic rings. The van der Waals surface area contributed by atoms with E-state index in [0.717, 1.165) is 17.0 Å². The molecule has 27 heavy (non-hydrogen) atoms. The molecular formula is C20H23N5O2. The predicted octanol–water partition coefficient (Wildman–Crippen LogP) is 1.95. The van der Waals surface area contributed by atoms with Gasteiger partial charge in [0.1, 0.15) is 17.5 Å². The molecule has 7 heteroatoms. The zero-order valence-electron chi connectivity index (χ0n) is 15.7. The molecule has 0 N–H and O–H groups in total. The summed E-state index contributed by atoms with van der Waals surface area (Å²) < 4.78 is 5.22. The van der Waals surface area contributed by atoms with Crippen LogP contribution in [-0.4, -0.2) is 54.1 Å². The van der Waals surface area contributed by atoms with E-state index in [1.165, 1.54) is 0 Å². The van der Waals surface area contributed by atoms with Crippen molar-refractivity contribution in [1.82, 2.24) is 14.9 Å². The van der Waals surface area contributed by atoms with Gasteiger partial charge >= 0.3 is 0 Å². The van der Waals surface area contributed by atoms with Crippen LogP contribution in [0.4, 0.5) is 5.95 Å². The molecule has 0 unspecified atom stereocenters. The number of carbonyl (C=O) groups is 1. The molecule has 1 aromatic carbocycles. The molecule has 1 amide bonds. The van der Waals surface area contributed by atoms with E-state index in [-0.39, 0.29) is 5.91 Å². The summed E-state index contributed by atoms with van der Waals surface area (Å²) in [6, 6.07) is 11.5. The third kappa shape index (κ3) is 4.73. The maximum atomic E-state index is 12.5. The SMILES string of the molecule is COc1cccc(CCC(=O)N2CCN(c3nc(C)cc(C#N)n3)CC2)c1. The molecule has 0 spiro atoms. The van der Waals surface area contributed by atoms with Gasteiger partial charge in [0.05, 0.1) is 7.11 Å². The molecule has 0 radical (unpaired) electrons. The molecule has 2 heterocycles. The number of nitrogens with zero attached hydrogens (tertiary/aromatic N) is 5. The first kappa shape index (κ1) is 18.6. The van der Waals surface area contributed by atoms with E-state index in [1.54, 1.807) is 13.2 Å². The van der Waals surface area contributed by atoms with Gasteiger partial charge in [-0.15, -0.1) is 0 Å². The number of amides is 1. The number of anilines is 1. The molecular weight excluding hydrogens is 342 g/mol. The summed E-state index contributed by atoms with van der Waals surface area (Å²) in [5.41, 5.74) is 2.24. The number of ether oxygens (including phenoxy) is 1. The van der Waals surface area contributed by atoms with Crippen LogP contribution in [0.5, 0.6) is 5.75 Å². The van der Waals surface area contributed by atoms with Crippen LogP contribution in [0.2, 0.25) is 0 Å². The second-order valence-electron chi connectivity index (χ2n) is 6.53. The number of hydrogen-bond donors (Lipinski definition) is 0. The molecule has 0 saturated carbocycles. The molecule has 3 rings (SSSR count). The van der Waals surface area contributed by atoms with Crippen molar-refractivity contribution in [3.8, 4) is 11.8 Å². The molecule has 0 atom stereocenters. The monoisotopic (exact) mass is 365 g/mol. The third-order valence-corrected chi connectivity index (χ3v) is 4.63. The molecule has 140 valence electrons. The minimum Gasteiger partial charge on any atom is -0.497 e. The van der Waals surface area contributed by atoms with E-state index in [0.29, 0.717) is 50.7 Å². The summed E-state index contributed by atoms with van der Waals surface area (Å²) in [7, 11) is 1.64. The fourth-order valence-corrected chi connectivity index (χ4v) is 3.14. The van der Waals surface area contributed by atoms with Gasteiger partial charge < -0.3 is 14.5 Å². The summed E-state index contributed by atoms with van der Waals surface area (Å²) in [5, 5.41) is 9.07. The fourth-order valence-electron chi connectivity index (χ4n) is 3.14. The molecule has 0 aliphatic carbocycles. The lowest BCUT2D eigenvalue weighted by Crippen LogP contribution is -2.49. The van der Waals surface area contributed by atoms with Gasteiger partial charge in [0.25, 0.3) is 0 Å². The number of hydrogen-bond acceptors (Lipinski definition) is 6. The van der Waals surface area contributed by atoms with Crippen LogP contribution in [0.25, 0.3) is 0 Å². The normalized spacial score (nSPS) is 14.0. The lowest BCUT2D eigenvalue weighted by molar-refractivity contribution is -0.131. The lowest BCUT2D eigenvalue weighted by atomic mass is 10.1. The summed E-state index contributed by atoms with van der Waals surface area (Å²) in [4.78, 5) is 25.1. The lowest BCUT2D eigenvalue weighted by Gasteiger charge is -2.35. The Balaban J connectivity index is 1.53. The van der Waals surface area contributed by atoms with E-state index >= 15 is 0 Å². The summed E-state index contributed by atoms with van der Waals surface area (Å²) in [6.07, 6.45) is 1.18. The highest BCUT2D eigenvalue weighted by Crippen LogP contribution is 2.16. The number of aromatic nitrogens is 2. The Kier molecular flexibility index (Phi) is 5.87. The minimum absolute atomic E-state index is 0.153. The standard InChI is InChI=1S/C20H23N5O2/c1-15-12-17(14-21)23-20(22-15)25-10-8-24(9-11-25)19(26)7-6-16-4-3-5-18(13-16)27-2/h3-5,12-13H,6-11H2,1-2H3. The summed E-state index contributed by atoms with van der Waals surface area (Å²) in [5.74, 6) is 1.53. The Labute approximate surface area is 159 Å². The maximum Gasteiger partial charge on any atom is 0.226 e. The highest BCUT2D eigenvalue weighted by Gasteiger charge is 2.22. The quantitative estimate of drug-likeness (QED) is 0.805. The van der Waals surface area contributed by atoms with Gasteiger partial charge in [0, 0.05) is 38.3 Å². The van der Waals surface area contributed by atoms with E-state index in [9.17, 15) is 4.79 Å². The third-order valence-electron chi connectivity index (χ3n) is 4.63. The first-order valence-electron chi connectivity index (χ1n) is 9.00. The van der Waals surface area contributed by atoms with Gasteiger partial charge in [0.15, 0.2) is 0 Å². The van der Waals surface area contributed by atoms with Crippen LogP contribution >= 0.6 is 0 Å². The number of rotatable bonds is 5. The van der Waals surface area contributed by atoms with Crippen molar-refractivity contribution < 1.29 is 9.53 Å². The van der Waals surface area contributed by atoms with Crippen LogP contribution in [0.1, 0.15) is 23.4 Å². The molecule has 2 aromatic rings. The van der Waals surface area contributed by atoms with Crippen LogP contribution < -0.4 is 9.64 Å². The molecule has 1 aliphatic heterocycles. The zero-order valence-corrected chi connectivity index (χ0v) is 15.7. The van der Waals surface area contributed by atoms with Gasteiger partial charge in [-0.2, -0.15) is 5.26 Å². The zero-order chi connectivity index (χ0) is 19.2. The van der Waals surface area contributed by atoms with Crippen LogP contribution in [0.15, 0.2) is 30.3 Å². The molecule has 1 saturated heterocycles. The van der Waals surface area contributed by atoms with Crippen LogP contribution in [0, 0.1) is 18.3 Å².